The fraction of sp³-hybridized carbons (Fsp3) is 0.143. The third-order valence-corrected chi connectivity index (χ3v) is 3.49. The maximum absolute atomic E-state index is 11.2. The molecule has 0 aliphatic carbocycles. The zero-order valence-corrected chi connectivity index (χ0v) is 10.0. The molecule has 6 nitrogen and oxygen atoms in total. The van der Waals surface area contributed by atoms with Gasteiger partial charge in [0, 0.05) is 22.5 Å². The molecule has 15 heavy (non-hydrogen) atoms. The second kappa shape index (κ2) is 3.78. The molecular weight excluding hydrogens is 288 g/mol. The normalized spacial score (nSPS) is 11.3. The predicted octanol–water partition coefficient (Wildman–Crippen LogP) is 1.34. The molecule has 0 atom stereocenters. The molecule has 0 aromatic heterocycles. The van der Waals surface area contributed by atoms with Gasteiger partial charge in [0.15, 0.2) is 9.84 Å². The Morgan fingerprint density at radius 3 is 2.40 bits per heavy atom. The number of hydrogen-bond donors (Lipinski definition) is 1. The molecule has 0 amide bonds. The van der Waals surface area contributed by atoms with Crippen LogP contribution in [0.15, 0.2) is 21.5 Å². The first-order valence-corrected chi connectivity index (χ1v) is 6.35. The number of sulfone groups is 1. The zero-order valence-electron chi connectivity index (χ0n) is 7.60. The first-order chi connectivity index (χ1) is 6.73. The number of nitrogen functional groups attached to an aromatic ring is 1. The van der Waals surface area contributed by atoms with Crippen molar-refractivity contribution in [2.45, 2.75) is 4.90 Å². The van der Waals surface area contributed by atoms with Crippen LogP contribution in [0.25, 0.3) is 0 Å². The lowest BCUT2D eigenvalue weighted by Crippen LogP contribution is -2.04. The van der Waals surface area contributed by atoms with Crippen LogP contribution in [0.3, 0.4) is 0 Å². The van der Waals surface area contributed by atoms with Gasteiger partial charge in [0.25, 0.3) is 5.69 Å². The first kappa shape index (κ1) is 11.9. The minimum Gasteiger partial charge on any atom is -0.398 e. The number of anilines is 1. The monoisotopic (exact) mass is 294 g/mol. The maximum atomic E-state index is 11.2. The standard InChI is InChI=1S/C7H7BrN2O4S/c1-15(13,14)7-3-5(9)4(8)2-6(7)10(11)12/h2-3H,9H2,1H3. The molecule has 82 valence electrons. The number of nitrogens with zero attached hydrogens (tertiary/aromatic N) is 1. The van der Waals surface area contributed by atoms with E-state index >= 15 is 0 Å². The van der Waals surface area contributed by atoms with Crippen molar-refractivity contribution in [2.24, 2.45) is 0 Å². The summed E-state index contributed by atoms with van der Waals surface area (Å²) in [6.07, 6.45) is 0.892. The number of nitro groups is 1. The van der Waals surface area contributed by atoms with Gasteiger partial charge in [-0.15, -0.1) is 0 Å². The average Bonchev–Trinajstić information content (AvgIpc) is 2.06. The summed E-state index contributed by atoms with van der Waals surface area (Å²) >= 11 is 2.99. The lowest BCUT2D eigenvalue weighted by atomic mass is 10.3. The lowest BCUT2D eigenvalue weighted by molar-refractivity contribution is -0.387. The Labute approximate surface area is 94.3 Å². The summed E-state index contributed by atoms with van der Waals surface area (Å²) in [5, 5.41) is 10.6. The Kier molecular flexibility index (Phi) is 3.00. The third-order valence-electron chi connectivity index (χ3n) is 1.67. The van der Waals surface area contributed by atoms with Gasteiger partial charge in [-0.2, -0.15) is 0 Å². The van der Waals surface area contributed by atoms with Crippen molar-refractivity contribution in [3.8, 4) is 0 Å². The van der Waals surface area contributed by atoms with E-state index in [4.69, 9.17) is 5.73 Å². The second-order valence-electron chi connectivity index (χ2n) is 2.87. The lowest BCUT2D eigenvalue weighted by Gasteiger charge is -2.03. The largest absolute Gasteiger partial charge is 0.398 e. The fourth-order valence-electron chi connectivity index (χ4n) is 0.998. The van der Waals surface area contributed by atoms with E-state index in [-0.39, 0.29) is 10.6 Å². The molecule has 0 saturated heterocycles. The fourth-order valence-corrected chi connectivity index (χ4v) is 2.18. The van der Waals surface area contributed by atoms with Crippen LogP contribution in [0.2, 0.25) is 0 Å². The molecule has 0 fully saturated rings. The van der Waals surface area contributed by atoms with E-state index in [0.717, 1.165) is 18.4 Å². The molecule has 0 aliphatic heterocycles. The summed E-state index contributed by atoms with van der Waals surface area (Å²) in [4.78, 5) is 9.47. The van der Waals surface area contributed by atoms with Crippen molar-refractivity contribution in [3.63, 3.8) is 0 Å². The van der Waals surface area contributed by atoms with Gasteiger partial charge < -0.3 is 5.73 Å². The van der Waals surface area contributed by atoms with Crippen LogP contribution < -0.4 is 5.73 Å². The predicted molar refractivity (Wildman–Crippen MR) is 58.3 cm³/mol. The maximum Gasteiger partial charge on any atom is 0.289 e. The van der Waals surface area contributed by atoms with E-state index in [2.05, 4.69) is 15.9 Å². The van der Waals surface area contributed by atoms with Crippen molar-refractivity contribution in [3.05, 3.63) is 26.7 Å². The molecule has 0 aliphatic rings. The van der Waals surface area contributed by atoms with E-state index in [0.29, 0.717) is 4.47 Å². The summed E-state index contributed by atoms with van der Waals surface area (Å²) in [6.45, 7) is 0. The Bertz CT molecular complexity index is 526. The Morgan fingerprint density at radius 1 is 1.47 bits per heavy atom. The van der Waals surface area contributed by atoms with Crippen molar-refractivity contribution in [1.82, 2.24) is 0 Å². The van der Waals surface area contributed by atoms with Crippen LogP contribution in [0.1, 0.15) is 0 Å². The van der Waals surface area contributed by atoms with Crippen LogP contribution >= 0.6 is 15.9 Å². The Hall–Kier alpha value is -1.15. The van der Waals surface area contributed by atoms with Crippen molar-refractivity contribution < 1.29 is 13.3 Å². The molecule has 0 radical (unpaired) electrons. The zero-order chi connectivity index (χ0) is 11.8. The summed E-state index contributed by atoms with van der Waals surface area (Å²) in [5.41, 5.74) is 5.10. The van der Waals surface area contributed by atoms with Crippen LogP contribution in [0.5, 0.6) is 0 Å². The number of nitro benzene ring substituents is 1. The third kappa shape index (κ3) is 2.45. The first-order valence-electron chi connectivity index (χ1n) is 3.67. The van der Waals surface area contributed by atoms with Crippen LogP contribution in [-0.2, 0) is 9.84 Å². The number of benzene rings is 1. The Morgan fingerprint density at radius 2 is 2.00 bits per heavy atom. The van der Waals surface area contributed by atoms with Gasteiger partial charge in [-0.1, -0.05) is 0 Å². The smallest absolute Gasteiger partial charge is 0.289 e. The minimum atomic E-state index is -3.66. The molecule has 0 bridgehead atoms. The van der Waals surface area contributed by atoms with Crippen molar-refractivity contribution >= 4 is 37.1 Å². The van der Waals surface area contributed by atoms with Gasteiger partial charge in [0.1, 0.15) is 4.90 Å². The molecule has 1 aromatic carbocycles. The van der Waals surface area contributed by atoms with E-state index in [1.807, 2.05) is 0 Å². The summed E-state index contributed by atoms with van der Waals surface area (Å²) in [7, 11) is -3.66. The van der Waals surface area contributed by atoms with Crippen molar-refractivity contribution in [2.75, 3.05) is 12.0 Å². The Balaban J connectivity index is 3.64. The molecule has 1 rings (SSSR count). The van der Waals surface area contributed by atoms with E-state index in [9.17, 15) is 18.5 Å². The van der Waals surface area contributed by atoms with Crippen LogP contribution in [0.4, 0.5) is 11.4 Å². The summed E-state index contributed by atoms with van der Waals surface area (Å²) in [5.74, 6) is 0. The summed E-state index contributed by atoms with van der Waals surface area (Å²) in [6, 6.07) is 2.14. The van der Waals surface area contributed by atoms with Gasteiger partial charge in [-0.05, 0) is 22.0 Å². The van der Waals surface area contributed by atoms with Crippen LogP contribution in [0, 0.1) is 10.1 Å². The number of rotatable bonds is 2. The highest BCUT2D eigenvalue weighted by Crippen LogP contribution is 2.31. The van der Waals surface area contributed by atoms with E-state index in [1.165, 1.54) is 0 Å². The number of halogens is 1. The van der Waals surface area contributed by atoms with Crippen LogP contribution in [-0.4, -0.2) is 19.6 Å². The minimum absolute atomic E-state index is 0.140. The topological polar surface area (TPSA) is 103 Å². The van der Waals surface area contributed by atoms with E-state index < -0.39 is 20.4 Å². The highest BCUT2D eigenvalue weighted by Gasteiger charge is 2.23. The molecule has 8 heteroatoms. The highest BCUT2D eigenvalue weighted by atomic mass is 79.9. The SMILES string of the molecule is CS(=O)(=O)c1cc(N)c(Br)cc1[N+](=O)[O-]. The van der Waals surface area contributed by atoms with Crippen molar-refractivity contribution in [1.29, 1.82) is 0 Å². The number of hydrogen-bond acceptors (Lipinski definition) is 5. The molecule has 1 aromatic rings. The molecule has 0 spiro atoms. The molecule has 2 N–H and O–H groups in total. The average molecular weight is 295 g/mol. The van der Waals surface area contributed by atoms with Gasteiger partial charge in [-0.3, -0.25) is 10.1 Å². The highest BCUT2D eigenvalue weighted by molar-refractivity contribution is 9.10. The van der Waals surface area contributed by atoms with Gasteiger partial charge in [-0.25, -0.2) is 8.42 Å². The molecule has 0 unspecified atom stereocenters. The van der Waals surface area contributed by atoms with Gasteiger partial charge >= 0.3 is 0 Å². The van der Waals surface area contributed by atoms with Gasteiger partial charge in [0.2, 0.25) is 0 Å². The second-order valence-corrected chi connectivity index (χ2v) is 5.71. The quantitative estimate of drug-likeness (QED) is 0.504. The molecule has 0 saturated carbocycles. The number of nitrogens with two attached hydrogens (primary N) is 1. The molecule has 0 heterocycles. The summed E-state index contributed by atoms with van der Waals surface area (Å²) < 4.78 is 22.8. The molecular formula is C7H7BrN2O4S. The van der Waals surface area contributed by atoms with E-state index in [1.54, 1.807) is 0 Å². The van der Waals surface area contributed by atoms with Gasteiger partial charge in [0.05, 0.1) is 4.92 Å².